The third-order valence-corrected chi connectivity index (χ3v) is 20.7. The first-order valence-electron chi connectivity index (χ1n) is 28.9. The number of benzene rings is 3. The SMILES string of the molecule is C#C[Si](C)(C)C.COC(=O)c1nc(Cl)c(Cl)c(C)c1Nc1cc[c-]cc1C.COC(=O)c1nc(Cl)c(Cl)c(Cl)c1Cl.COC(=O)c1nc(Cl)c(Cl)c(F)c1Cl.Cc1ccccc1N.Cc1ccccc1Nc1c(C(=O)O)nc(Cl)c(Cl)c1C.O=C(O)c1nc(Cl)c(Cl)c(Cl)c1Cl.O=C(O)c1nc(Cl)c(Cl)c(F)c1Cl.[F-].[K+].[Na+].[OH-].[Y]. The van der Waals surface area contributed by atoms with Gasteiger partial charge in [0.1, 0.15) is 48.8 Å². The molecule has 0 aliphatic carbocycles. The van der Waals surface area contributed by atoms with Crippen LogP contribution in [0.3, 0.4) is 0 Å². The number of hydrogen-bond acceptors (Lipinski definition) is 19. The van der Waals surface area contributed by atoms with Crippen LogP contribution < -0.4 is 102 Å². The average Bonchev–Trinajstić information content (AvgIpc) is 0.799. The Bertz CT molecular complexity index is 4820. The maximum absolute atomic E-state index is 13.2. The number of esters is 3. The van der Waals surface area contributed by atoms with Crippen LogP contribution in [0, 0.1) is 64.3 Å². The topological polar surface area (TPSA) is 348 Å². The van der Waals surface area contributed by atoms with Crippen LogP contribution in [0.25, 0.3) is 0 Å². The van der Waals surface area contributed by atoms with Crippen molar-refractivity contribution in [2.45, 2.75) is 54.3 Å². The fraction of sp³-hybridized carbons (Fsp3) is 0.164. The van der Waals surface area contributed by atoms with E-state index in [2.05, 4.69) is 81.3 Å². The first-order chi connectivity index (χ1) is 50.6. The minimum Gasteiger partial charge on any atom is -1.00 e. The van der Waals surface area contributed by atoms with Crippen LogP contribution in [0.1, 0.15) is 90.7 Å². The number of carbonyl (C=O) groups is 6. The number of aryl methyl sites for hydroxylation is 3. The Morgan fingerprint density at radius 2 is 0.737 bits per heavy atom. The molecule has 22 nitrogen and oxygen atoms in total. The number of aromatic nitrogens is 6. The summed E-state index contributed by atoms with van der Waals surface area (Å²) in [5.41, 5.74) is 14.1. The molecule has 0 saturated heterocycles. The summed E-state index contributed by atoms with van der Waals surface area (Å²) in [7, 11) is 2.49. The number of carboxylic acids is 3. The number of para-hydroxylation sites is 2. The molecule has 9 aromatic rings. The minimum atomic E-state index is -1.47. The molecule has 114 heavy (non-hydrogen) atoms. The molecule has 0 aliphatic rings. The molecule has 0 spiro atoms. The Balaban J connectivity index is -0.000000616. The van der Waals surface area contributed by atoms with Crippen molar-refractivity contribution >= 4 is 281 Å². The summed E-state index contributed by atoms with van der Waals surface area (Å²) in [5.74, 6) is -8.22. The summed E-state index contributed by atoms with van der Waals surface area (Å²) in [6.45, 7) is 15.7. The Morgan fingerprint density at radius 3 is 1.09 bits per heavy atom. The number of methoxy groups -OCH3 is 3. The number of nitrogens with one attached hydrogen (secondary N) is 2. The summed E-state index contributed by atoms with van der Waals surface area (Å²) in [6, 6.07) is 23.8. The van der Waals surface area contributed by atoms with Gasteiger partial charge in [-0.15, -0.1) is 23.6 Å². The van der Waals surface area contributed by atoms with E-state index in [1.54, 1.807) is 19.9 Å². The van der Waals surface area contributed by atoms with Crippen molar-refractivity contribution < 1.29 is 191 Å². The number of carboxylic acid groups (broad SMARTS) is 3. The Kier molecular flexibility index (Phi) is 57.8. The molecule has 47 heteroatoms. The average molecular weight is 2070 g/mol. The Morgan fingerprint density at radius 1 is 0.447 bits per heavy atom. The predicted octanol–water partition coefficient (Wildman–Crippen LogP) is 15.4. The fourth-order valence-electron chi connectivity index (χ4n) is 6.91. The molecular weight excluding hydrogens is 2010 g/mol. The summed E-state index contributed by atoms with van der Waals surface area (Å²) in [5, 5.41) is 29.6. The summed E-state index contributed by atoms with van der Waals surface area (Å²) >= 11 is 101. The molecule has 0 aliphatic heterocycles. The van der Waals surface area contributed by atoms with Crippen molar-refractivity contribution in [3.63, 3.8) is 0 Å². The number of terminal acetylenes is 1. The smallest absolute Gasteiger partial charge is 1.00 e. The molecule has 6 aromatic heterocycles. The number of nitrogen functional groups attached to an aromatic ring is 1. The summed E-state index contributed by atoms with van der Waals surface area (Å²) in [4.78, 5) is 88.0. The number of hydrogen-bond donors (Lipinski definition) is 6. The molecule has 0 bridgehead atoms. The number of ether oxygens (including phenoxy) is 3. The van der Waals surface area contributed by atoms with Crippen molar-refractivity contribution in [1.82, 2.24) is 29.9 Å². The third kappa shape index (κ3) is 35.0. The molecule has 0 saturated carbocycles. The molecule has 0 amide bonds. The number of pyridine rings is 6. The van der Waals surface area contributed by atoms with Crippen LogP contribution in [-0.2, 0) is 46.9 Å². The van der Waals surface area contributed by atoms with Crippen molar-refractivity contribution in [1.29, 1.82) is 0 Å². The van der Waals surface area contributed by atoms with Crippen molar-refractivity contribution in [3.8, 4) is 12.0 Å². The van der Waals surface area contributed by atoms with E-state index in [0.29, 0.717) is 27.5 Å². The van der Waals surface area contributed by atoms with Gasteiger partial charge in [-0.25, -0.2) is 67.5 Å². The van der Waals surface area contributed by atoms with Gasteiger partial charge in [-0.3, -0.25) is 0 Å². The van der Waals surface area contributed by atoms with Crippen molar-refractivity contribution in [2.24, 2.45) is 0 Å². The second kappa shape index (κ2) is 56.0. The van der Waals surface area contributed by atoms with Gasteiger partial charge in [0.15, 0.2) is 56.1 Å². The van der Waals surface area contributed by atoms with E-state index in [1.807, 2.05) is 81.4 Å². The Hall–Kier alpha value is -2.73. The molecule has 8 N–H and O–H groups in total. The van der Waals surface area contributed by atoms with Gasteiger partial charge in [0.25, 0.3) is 0 Å². The molecular formula is C67H53Cl18F3KN9NaO13SiY-. The zero-order valence-corrected chi connectivity index (χ0v) is 83.2. The number of rotatable bonds is 10. The van der Waals surface area contributed by atoms with Crippen LogP contribution in [0.4, 0.5) is 37.2 Å². The third-order valence-electron chi connectivity index (χ3n) is 12.7. The molecule has 0 unspecified atom stereocenters. The Labute approximate surface area is 831 Å². The molecule has 9 rings (SSSR count). The van der Waals surface area contributed by atoms with Crippen LogP contribution in [0.15, 0.2) is 66.7 Å². The molecule has 601 valence electrons. The molecule has 3 aromatic carbocycles. The van der Waals surface area contributed by atoms with Crippen LogP contribution in [0.2, 0.25) is 111 Å². The van der Waals surface area contributed by atoms with E-state index >= 15 is 0 Å². The predicted molar refractivity (Wildman–Crippen MR) is 437 cm³/mol. The second-order valence-electron chi connectivity index (χ2n) is 21.4. The molecule has 1 radical (unpaired) electrons. The van der Waals surface area contributed by atoms with Crippen molar-refractivity contribution in [3.05, 3.63) is 238 Å². The summed E-state index contributed by atoms with van der Waals surface area (Å²) in [6.07, 6.45) is 5.12. The quantitative estimate of drug-likeness (QED) is 0.0141. The maximum atomic E-state index is 13.2. The maximum Gasteiger partial charge on any atom is 1.00 e. The van der Waals surface area contributed by atoms with Gasteiger partial charge in [-0.1, -0.05) is 277 Å². The first kappa shape index (κ1) is 118. The number of nitrogens with two attached hydrogens (primary N) is 1. The number of aromatic carboxylic acids is 3. The van der Waals surface area contributed by atoms with Gasteiger partial charge in [-0.05, 0) is 62.1 Å². The second-order valence-corrected chi connectivity index (χ2v) is 32.8. The van der Waals surface area contributed by atoms with E-state index in [1.165, 1.54) is 14.2 Å². The van der Waals surface area contributed by atoms with Gasteiger partial charge in [0.05, 0.1) is 72.9 Å². The van der Waals surface area contributed by atoms with E-state index in [4.69, 9.17) is 236 Å². The zero-order chi connectivity index (χ0) is 83.7. The van der Waals surface area contributed by atoms with Gasteiger partial charge >= 0.3 is 117 Å². The summed E-state index contributed by atoms with van der Waals surface area (Å²) < 4.78 is 39.6. The largest absolute Gasteiger partial charge is 1.00 e. The van der Waals surface area contributed by atoms with Gasteiger partial charge in [-0.2, -0.15) is 18.2 Å². The molecule has 6 heterocycles. The van der Waals surface area contributed by atoms with Crippen molar-refractivity contribution in [2.75, 3.05) is 37.7 Å². The number of carbonyl (C=O) groups excluding carboxylic acids is 3. The van der Waals surface area contributed by atoms with E-state index in [9.17, 15) is 42.7 Å². The van der Waals surface area contributed by atoms with Gasteiger partial charge in [0.2, 0.25) is 0 Å². The van der Waals surface area contributed by atoms with E-state index < -0.39 is 97.8 Å². The van der Waals surface area contributed by atoms with Gasteiger partial charge < -0.3 is 56.1 Å². The van der Waals surface area contributed by atoms with E-state index in [0.717, 1.165) is 40.9 Å². The van der Waals surface area contributed by atoms with Crippen LogP contribution in [0.5, 0.6) is 0 Å². The van der Waals surface area contributed by atoms with E-state index in [-0.39, 0.29) is 202 Å². The van der Waals surface area contributed by atoms with Crippen LogP contribution in [-0.4, -0.2) is 116 Å². The number of halogens is 21. The standard InChI is InChI=1S/C15H13Cl2N2O2.C14H12Cl2N2O2.C7H3Cl4NO2.C7H3Cl3FNO2.C7H9N.C6HCl4NO2.C6HCl3FNO2.C5H10Si.FH.K.Na.H2O.Y/c1-8-6-4-5-7-10(8)18-12-9(2)11(16)14(17)19-13(12)15(20)21-3;1-7-5-3-4-6-9(7)17-11-8(2)10(15)13(16)18-12(11)14(19)20;1-14-7(13)5-3(9)2(8)4(10)6(11)12-5;1-14-7(13)5-2(8)4(11)3(9)6(10)12-5;1-6-4-2-3-5-7(6)8;7-1-2(8)4(6(12)13)11-5(10)3(1)9;7-1-3(10)2(8)5(9)11-4(1)6(12)13;1-5-6(2,3)4;;;;;/h5-7,18H,1-3H3;3-6,17H,1-2H3,(H,19,20);2*1H3;2-5H,8H2,1H3;2*(H,12,13);1H,2-4H3;1H;;;1H2;/q-1;;;;;;;;;2*+1;;/p-2. The monoisotopic (exact) mass is 2060 g/mol. The minimum absolute atomic E-state index is 0. The fourth-order valence-corrected chi connectivity index (χ4v) is 10.4. The molecule has 0 fully saturated rings. The van der Waals surface area contributed by atoms with Gasteiger partial charge in [0, 0.05) is 44.1 Å². The number of nitrogens with zero attached hydrogens (tertiary/aromatic N) is 6. The first-order valence-corrected chi connectivity index (χ1v) is 39.2. The normalized spacial score (nSPS) is 9.70. The van der Waals surface area contributed by atoms with Crippen LogP contribution >= 0.6 is 209 Å². The number of anilines is 5. The molecule has 0 atom stereocenters. The zero-order valence-electron chi connectivity index (χ0n) is 60.7.